The van der Waals surface area contributed by atoms with Gasteiger partial charge in [-0.05, 0) is 17.7 Å². The molecule has 2 rings (SSSR count). The lowest BCUT2D eigenvalue weighted by molar-refractivity contribution is 0.209. The van der Waals surface area contributed by atoms with Crippen molar-refractivity contribution in [2.75, 3.05) is 26.4 Å². The second-order valence-corrected chi connectivity index (χ2v) is 4.63. The summed E-state index contributed by atoms with van der Waals surface area (Å²) in [5.41, 5.74) is 6.28. The van der Waals surface area contributed by atoms with E-state index in [1.165, 1.54) is 0 Å². The number of aliphatic hydroxyl groups excluding tert-OH is 1. The number of rotatable bonds is 3. The molecule has 1 atom stereocenters. The van der Waals surface area contributed by atoms with Gasteiger partial charge in [0.1, 0.15) is 0 Å². The Morgan fingerprint density at radius 2 is 2.00 bits per heavy atom. The summed E-state index contributed by atoms with van der Waals surface area (Å²) in [6.07, 6.45) is 0.887. The Morgan fingerprint density at radius 1 is 1.29 bits per heavy atom. The molecule has 4 nitrogen and oxygen atoms in total. The maximum atomic E-state index is 9.45. The predicted octanol–water partition coefficient (Wildman–Crippen LogP) is 1.06. The van der Waals surface area contributed by atoms with Crippen LogP contribution in [0.5, 0.6) is 11.5 Å². The van der Waals surface area contributed by atoms with Gasteiger partial charge in [-0.15, -0.1) is 0 Å². The van der Waals surface area contributed by atoms with Crippen molar-refractivity contribution >= 4 is 0 Å². The number of ether oxygens (including phenoxy) is 2. The molecule has 0 saturated carbocycles. The molecule has 17 heavy (non-hydrogen) atoms. The average molecular weight is 237 g/mol. The molecule has 1 aliphatic heterocycles. The average Bonchev–Trinajstić information content (AvgIpc) is 2.62. The van der Waals surface area contributed by atoms with Crippen LogP contribution in [0.25, 0.3) is 0 Å². The monoisotopic (exact) mass is 237 g/mol. The highest BCUT2D eigenvalue weighted by molar-refractivity contribution is 5.45. The minimum absolute atomic E-state index is 0.0170. The number of aliphatic hydroxyl groups is 1. The molecule has 4 heteroatoms. The largest absolute Gasteiger partial charge is 0.490 e. The van der Waals surface area contributed by atoms with Gasteiger partial charge in [0.05, 0.1) is 19.8 Å². The zero-order valence-corrected chi connectivity index (χ0v) is 10.1. The lowest BCUT2D eigenvalue weighted by Gasteiger charge is -2.26. The molecule has 94 valence electrons. The summed E-state index contributed by atoms with van der Waals surface area (Å²) in [6.45, 7) is 3.69. The van der Waals surface area contributed by atoms with Crippen LogP contribution < -0.4 is 15.2 Å². The number of hydrogen-bond acceptors (Lipinski definition) is 4. The van der Waals surface area contributed by atoms with Crippen LogP contribution in [0.4, 0.5) is 0 Å². The normalized spacial score (nSPS) is 18.3. The molecular weight excluding hydrogens is 218 g/mol. The van der Waals surface area contributed by atoms with Gasteiger partial charge in [0.25, 0.3) is 0 Å². The molecule has 1 aliphatic rings. The summed E-state index contributed by atoms with van der Waals surface area (Å²) in [7, 11) is 0. The van der Waals surface area contributed by atoms with Crippen LogP contribution in [0.2, 0.25) is 0 Å². The van der Waals surface area contributed by atoms with E-state index in [0.717, 1.165) is 23.5 Å². The molecule has 0 spiro atoms. The van der Waals surface area contributed by atoms with E-state index >= 15 is 0 Å². The van der Waals surface area contributed by atoms with Crippen LogP contribution in [0.1, 0.15) is 18.9 Å². The molecule has 0 bridgehead atoms. The van der Waals surface area contributed by atoms with Crippen molar-refractivity contribution in [1.29, 1.82) is 0 Å². The number of nitrogens with two attached hydrogens (primary N) is 1. The Labute approximate surface area is 101 Å². The first-order chi connectivity index (χ1) is 8.19. The Balaban J connectivity index is 2.35. The fourth-order valence-electron chi connectivity index (χ4n) is 1.81. The fourth-order valence-corrected chi connectivity index (χ4v) is 1.81. The first-order valence-corrected chi connectivity index (χ1v) is 5.91. The summed E-state index contributed by atoms with van der Waals surface area (Å²) in [5.74, 6) is 1.51. The summed E-state index contributed by atoms with van der Waals surface area (Å²) in [5, 5.41) is 9.45. The van der Waals surface area contributed by atoms with Crippen molar-refractivity contribution in [2.45, 2.75) is 18.8 Å². The van der Waals surface area contributed by atoms with E-state index in [2.05, 4.69) is 0 Å². The maximum absolute atomic E-state index is 9.45. The van der Waals surface area contributed by atoms with E-state index in [1.807, 2.05) is 25.1 Å². The number of hydrogen-bond donors (Lipinski definition) is 2. The summed E-state index contributed by atoms with van der Waals surface area (Å²) < 4.78 is 11.2. The molecule has 3 N–H and O–H groups in total. The molecule has 1 unspecified atom stereocenters. The van der Waals surface area contributed by atoms with E-state index in [1.54, 1.807) is 0 Å². The molecule has 1 aromatic carbocycles. The third kappa shape index (κ3) is 2.37. The van der Waals surface area contributed by atoms with Gasteiger partial charge in [-0.2, -0.15) is 0 Å². The van der Waals surface area contributed by atoms with Gasteiger partial charge in [-0.3, -0.25) is 0 Å². The quantitative estimate of drug-likeness (QED) is 0.825. The van der Waals surface area contributed by atoms with E-state index in [0.29, 0.717) is 19.8 Å². The highest BCUT2D eigenvalue weighted by atomic mass is 16.5. The Bertz CT molecular complexity index is 388. The van der Waals surface area contributed by atoms with Crippen LogP contribution in [0.3, 0.4) is 0 Å². The number of fused-ring (bicyclic) bond motifs is 1. The first-order valence-electron chi connectivity index (χ1n) is 5.91. The molecule has 0 amide bonds. The molecular formula is C13H19NO3. The molecule has 0 aliphatic carbocycles. The van der Waals surface area contributed by atoms with Crippen molar-refractivity contribution in [3.63, 3.8) is 0 Å². The van der Waals surface area contributed by atoms with Crippen LogP contribution in [0, 0.1) is 0 Å². The SMILES string of the molecule is CC(CN)(CO)c1ccc2c(c1)OCCCO2. The van der Waals surface area contributed by atoms with E-state index in [-0.39, 0.29) is 6.61 Å². The summed E-state index contributed by atoms with van der Waals surface area (Å²) in [6, 6.07) is 5.75. The molecule has 1 aromatic rings. The van der Waals surface area contributed by atoms with Gasteiger partial charge >= 0.3 is 0 Å². The van der Waals surface area contributed by atoms with Gasteiger partial charge in [0, 0.05) is 18.4 Å². The van der Waals surface area contributed by atoms with Crippen molar-refractivity contribution in [1.82, 2.24) is 0 Å². The van der Waals surface area contributed by atoms with Crippen LogP contribution >= 0.6 is 0 Å². The zero-order valence-electron chi connectivity index (χ0n) is 10.1. The zero-order chi connectivity index (χ0) is 12.3. The summed E-state index contributed by atoms with van der Waals surface area (Å²) >= 11 is 0. The van der Waals surface area contributed by atoms with Gasteiger partial charge < -0.3 is 20.3 Å². The highest BCUT2D eigenvalue weighted by Crippen LogP contribution is 2.34. The van der Waals surface area contributed by atoms with E-state index < -0.39 is 5.41 Å². The van der Waals surface area contributed by atoms with Crippen molar-refractivity contribution in [2.24, 2.45) is 5.73 Å². The molecule has 1 heterocycles. The third-order valence-corrected chi connectivity index (χ3v) is 3.24. The van der Waals surface area contributed by atoms with Crippen LogP contribution in [-0.4, -0.2) is 31.5 Å². The topological polar surface area (TPSA) is 64.7 Å². The van der Waals surface area contributed by atoms with Gasteiger partial charge in [-0.1, -0.05) is 13.0 Å². The smallest absolute Gasteiger partial charge is 0.161 e. The number of benzene rings is 1. The van der Waals surface area contributed by atoms with Gasteiger partial charge in [0.15, 0.2) is 11.5 Å². The van der Waals surface area contributed by atoms with Crippen molar-refractivity contribution in [3.05, 3.63) is 23.8 Å². The lowest BCUT2D eigenvalue weighted by Crippen LogP contribution is -2.35. The predicted molar refractivity (Wildman–Crippen MR) is 65.5 cm³/mol. The van der Waals surface area contributed by atoms with Crippen LogP contribution in [-0.2, 0) is 5.41 Å². The lowest BCUT2D eigenvalue weighted by atomic mass is 9.83. The highest BCUT2D eigenvalue weighted by Gasteiger charge is 2.25. The second-order valence-electron chi connectivity index (χ2n) is 4.63. The van der Waals surface area contributed by atoms with Gasteiger partial charge in [-0.25, -0.2) is 0 Å². The molecule has 0 saturated heterocycles. The third-order valence-electron chi connectivity index (χ3n) is 3.24. The van der Waals surface area contributed by atoms with Crippen molar-refractivity contribution in [3.8, 4) is 11.5 Å². The maximum Gasteiger partial charge on any atom is 0.161 e. The standard InChI is InChI=1S/C13H19NO3/c1-13(8-14,9-15)10-3-4-11-12(7-10)17-6-2-5-16-11/h3-4,7,15H,2,5-6,8-9,14H2,1H3. The van der Waals surface area contributed by atoms with Crippen LogP contribution in [0.15, 0.2) is 18.2 Å². The minimum atomic E-state index is -0.426. The van der Waals surface area contributed by atoms with E-state index in [4.69, 9.17) is 15.2 Å². The second kappa shape index (κ2) is 4.94. The Morgan fingerprint density at radius 3 is 2.65 bits per heavy atom. The first kappa shape index (κ1) is 12.2. The summed E-state index contributed by atoms with van der Waals surface area (Å²) in [4.78, 5) is 0. The molecule has 0 radical (unpaired) electrons. The van der Waals surface area contributed by atoms with E-state index in [9.17, 15) is 5.11 Å². The molecule has 0 aromatic heterocycles. The van der Waals surface area contributed by atoms with Crippen molar-refractivity contribution < 1.29 is 14.6 Å². The minimum Gasteiger partial charge on any atom is -0.490 e. The Hall–Kier alpha value is -1.26. The molecule has 0 fully saturated rings. The van der Waals surface area contributed by atoms with Gasteiger partial charge in [0.2, 0.25) is 0 Å². The Kier molecular flexibility index (Phi) is 3.54. The fraction of sp³-hybridized carbons (Fsp3) is 0.538.